The number of dihydropyridines is 1. The van der Waals surface area contributed by atoms with Crippen LogP contribution < -0.4 is 9.50 Å². The Morgan fingerprint density at radius 3 is 1.79 bits per heavy atom. The highest BCUT2D eigenvalue weighted by molar-refractivity contribution is 7.87. The average molecular weight is 806 g/mol. The Morgan fingerprint density at radius 1 is 0.707 bits per heavy atom. The standard InChI is InChI=1S/C46H43N7O3S2/c1-35-14-20-45(21-15-35)58(54,55)56-46-38(28-52(30-41-10-2-6-22-47-41)31-42-11-3-7-23-48-42)26-37(36-16-18-40(19-17-36)51-34-57)27-39(46)29-53(32-43-12-4-8-24-49-43)33-44-13-5-9-25-50-44/h2-27,41,47H,28-33H2,1H3. The number of aliphatic imine (C=N–C) groups is 1. The molecule has 0 saturated carbocycles. The molecular weight excluding hydrogens is 763 g/mol. The number of nitrogens with one attached hydrogen (secondary N) is 1. The number of aromatic nitrogens is 3. The molecule has 0 bridgehead atoms. The molecule has 0 radical (unpaired) electrons. The summed E-state index contributed by atoms with van der Waals surface area (Å²) in [4.78, 5) is 22.6. The van der Waals surface area contributed by atoms with Crippen LogP contribution in [0.25, 0.3) is 11.1 Å². The topological polar surface area (TPSA) is 113 Å². The quantitative estimate of drug-likeness (QED) is 0.0547. The van der Waals surface area contributed by atoms with E-state index in [4.69, 9.17) is 16.4 Å². The van der Waals surface area contributed by atoms with Gasteiger partial charge in [-0.15, -0.1) is 0 Å². The number of benzene rings is 3. The van der Waals surface area contributed by atoms with Gasteiger partial charge >= 0.3 is 10.1 Å². The van der Waals surface area contributed by atoms with E-state index in [0.29, 0.717) is 56.1 Å². The minimum atomic E-state index is -4.28. The minimum absolute atomic E-state index is 0.0125. The van der Waals surface area contributed by atoms with Crippen LogP contribution in [0.4, 0.5) is 5.69 Å². The van der Waals surface area contributed by atoms with Gasteiger partial charge in [-0.05, 0) is 115 Å². The van der Waals surface area contributed by atoms with E-state index in [1.807, 2.05) is 116 Å². The number of aryl methyl sites for hydroxylation is 1. The number of rotatable bonds is 17. The SMILES string of the molecule is Cc1ccc(S(=O)(=O)Oc2c(CN(Cc3ccccn3)Cc3ccccn3)cc(-c3ccc(N=C=S)cc3)cc2CN(Cc2ccccn2)CC2C=CC=CN2)cc1. The molecule has 3 aromatic heterocycles. The van der Waals surface area contributed by atoms with E-state index in [1.165, 1.54) is 0 Å². The molecule has 4 heterocycles. The van der Waals surface area contributed by atoms with Crippen molar-refractivity contribution in [3.8, 4) is 16.9 Å². The Labute approximate surface area is 345 Å². The summed E-state index contributed by atoms with van der Waals surface area (Å²) in [6.45, 7) is 4.65. The molecule has 1 unspecified atom stereocenters. The summed E-state index contributed by atoms with van der Waals surface area (Å²) < 4.78 is 35.0. The van der Waals surface area contributed by atoms with Gasteiger partial charge in [0.25, 0.3) is 0 Å². The molecule has 1 atom stereocenters. The summed E-state index contributed by atoms with van der Waals surface area (Å²) in [5.74, 6) is 0.274. The lowest BCUT2D eigenvalue weighted by Crippen LogP contribution is -2.38. The average Bonchev–Trinajstić information content (AvgIpc) is 3.24. The summed E-state index contributed by atoms with van der Waals surface area (Å²) in [6, 6.07) is 36.0. The first-order valence-corrected chi connectivity index (χ1v) is 20.7. The van der Waals surface area contributed by atoms with Crippen molar-refractivity contribution in [3.05, 3.63) is 192 Å². The van der Waals surface area contributed by atoms with E-state index in [2.05, 4.69) is 46.3 Å². The highest BCUT2D eigenvalue weighted by atomic mass is 32.2. The Bertz CT molecular complexity index is 2450. The normalized spacial score (nSPS) is 13.6. The summed E-state index contributed by atoms with van der Waals surface area (Å²) in [6.07, 6.45) is 13.4. The number of isothiocyanates is 1. The largest absolute Gasteiger partial charge is 0.383 e. The summed E-state index contributed by atoms with van der Waals surface area (Å²) >= 11 is 4.86. The molecule has 12 heteroatoms. The van der Waals surface area contributed by atoms with Gasteiger partial charge in [0.05, 0.1) is 34.0 Å². The molecule has 0 spiro atoms. The van der Waals surface area contributed by atoms with Gasteiger partial charge in [0.2, 0.25) is 0 Å². The molecule has 0 saturated heterocycles. The molecule has 0 aliphatic carbocycles. The second-order valence-electron chi connectivity index (χ2n) is 14.0. The number of hydrogen-bond acceptors (Lipinski definition) is 11. The number of thiocarbonyl (C=S) groups is 1. The van der Waals surface area contributed by atoms with Crippen molar-refractivity contribution in [1.29, 1.82) is 0 Å². The Morgan fingerprint density at radius 2 is 1.28 bits per heavy atom. The molecule has 6 aromatic rings. The third-order valence-electron chi connectivity index (χ3n) is 9.56. The zero-order chi connectivity index (χ0) is 40.2. The van der Waals surface area contributed by atoms with Crippen LogP contribution in [-0.4, -0.2) is 50.9 Å². The molecule has 58 heavy (non-hydrogen) atoms. The van der Waals surface area contributed by atoms with Crippen molar-refractivity contribution < 1.29 is 12.6 Å². The van der Waals surface area contributed by atoms with Crippen molar-refractivity contribution in [2.75, 3.05) is 6.54 Å². The summed E-state index contributed by atoms with van der Waals surface area (Å²) in [5.41, 5.74) is 7.42. The predicted octanol–water partition coefficient (Wildman–Crippen LogP) is 8.60. The number of nitrogens with zero attached hydrogens (tertiary/aromatic N) is 6. The van der Waals surface area contributed by atoms with Gasteiger partial charge in [-0.1, -0.05) is 60.2 Å². The molecule has 1 N–H and O–H groups in total. The second kappa shape index (κ2) is 19.3. The van der Waals surface area contributed by atoms with Crippen molar-refractivity contribution in [1.82, 2.24) is 30.1 Å². The third-order valence-corrected chi connectivity index (χ3v) is 10.9. The van der Waals surface area contributed by atoms with Gasteiger partial charge < -0.3 is 9.50 Å². The fourth-order valence-electron chi connectivity index (χ4n) is 6.78. The van der Waals surface area contributed by atoms with Crippen LogP contribution in [0.3, 0.4) is 0 Å². The van der Waals surface area contributed by atoms with Crippen LogP contribution >= 0.6 is 12.2 Å². The van der Waals surface area contributed by atoms with Gasteiger partial charge in [-0.25, -0.2) is 0 Å². The van der Waals surface area contributed by atoms with Crippen molar-refractivity contribution in [3.63, 3.8) is 0 Å². The van der Waals surface area contributed by atoms with Gasteiger partial charge in [-0.2, -0.15) is 13.4 Å². The van der Waals surface area contributed by atoms with Crippen LogP contribution in [0.15, 0.2) is 168 Å². The monoisotopic (exact) mass is 805 g/mol. The maximum absolute atomic E-state index is 14.3. The van der Waals surface area contributed by atoms with Crippen LogP contribution in [0, 0.1) is 6.92 Å². The predicted molar refractivity (Wildman–Crippen MR) is 231 cm³/mol. The zero-order valence-electron chi connectivity index (χ0n) is 32.1. The molecule has 7 rings (SSSR count). The Hall–Kier alpha value is -6.14. The third kappa shape index (κ3) is 11.0. The highest BCUT2D eigenvalue weighted by Crippen LogP contribution is 2.36. The van der Waals surface area contributed by atoms with E-state index >= 15 is 0 Å². The van der Waals surface area contributed by atoms with Crippen molar-refractivity contribution in [2.24, 2.45) is 4.99 Å². The van der Waals surface area contributed by atoms with Crippen LogP contribution in [-0.2, 0) is 42.8 Å². The lowest BCUT2D eigenvalue weighted by Gasteiger charge is -2.29. The zero-order valence-corrected chi connectivity index (χ0v) is 33.7. The van der Waals surface area contributed by atoms with Gasteiger partial charge in [0, 0.05) is 69.0 Å². The molecule has 1 aliphatic heterocycles. The number of allylic oxidation sites excluding steroid dienone is 2. The molecule has 3 aromatic carbocycles. The lowest BCUT2D eigenvalue weighted by molar-refractivity contribution is 0.234. The van der Waals surface area contributed by atoms with Gasteiger partial charge in [0.15, 0.2) is 5.75 Å². The number of hydrogen-bond donors (Lipinski definition) is 1. The molecule has 292 valence electrons. The lowest BCUT2D eigenvalue weighted by atomic mass is 9.97. The van der Waals surface area contributed by atoms with E-state index < -0.39 is 10.1 Å². The summed E-state index contributed by atoms with van der Waals surface area (Å²) in [7, 11) is -4.28. The molecular formula is C46H43N7O3S2. The second-order valence-corrected chi connectivity index (χ2v) is 15.7. The fraction of sp³-hybridized carbons (Fsp3) is 0.174. The van der Waals surface area contributed by atoms with Gasteiger partial charge in [-0.3, -0.25) is 24.8 Å². The highest BCUT2D eigenvalue weighted by Gasteiger charge is 2.26. The molecule has 1 aliphatic rings. The Balaban J connectivity index is 1.39. The van der Waals surface area contributed by atoms with E-state index in [9.17, 15) is 8.42 Å². The molecule has 10 nitrogen and oxygen atoms in total. The smallest absolute Gasteiger partial charge is 0.339 e. The summed E-state index contributed by atoms with van der Waals surface area (Å²) in [5, 5.41) is 5.88. The van der Waals surface area contributed by atoms with Crippen molar-refractivity contribution >= 4 is 33.2 Å². The van der Waals surface area contributed by atoms with Crippen LogP contribution in [0.5, 0.6) is 5.75 Å². The van der Waals surface area contributed by atoms with Crippen LogP contribution in [0.1, 0.15) is 33.8 Å². The maximum atomic E-state index is 14.3. The maximum Gasteiger partial charge on any atom is 0.339 e. The first-order valence-electron chi connectivity index (χ1n) is 18.9. The van der Waals surface area contributed by atoms with E-state index in [-0.39, 0.29) is 16.7 Å². The van der Waals surface area contributed by atoms with Crippen LogP contribution in [0.2, 0.25) is 0 Å². The first-order chi connectivity index (χ1) is 28.3. The van der Waals surface area contributed by atoms with Gasteiger partial charge in [0.1, 0.15) is 4.90 Å². The first kappa shape index (κ1) is 40.1. The van der Waals surface area contributed by atoms with E-state index in [0.717, 1.165) is 33.8 Å². The Kier molecular flexibility index (Phi) is 13.4. The number of pyridine rings is 3. The van der Waals surface area contributed by atoms with Crippen molar-refractivity contribution in [2.45, 2.75) is 50.6 Å². The molecule has 0 amide bonds. The fourth-order valence-corrected chi connectivity index (χ4v) is 7.89. The molecule has 0 fully saturated rings. The van der Waals surface area contributed by atoms with E-state index in [1.54, 1.807) is 42.9 Å². The minimum Gasteiger partial charge on any atom is -0.383 e.